The Kier molecular flexibility index (Phi) is 5.86. The fraction of sp³-hybridized carbons (Fsp3) is 0.417. The van der Waals surface area contributed by atoms with Crippen LogP contribution in [0.2, 0.25) is 0 Å². The van der Waals surface area contributed by atoms with E-state index in [1.165, 1.54) is 5.57 Å². The second kappa shape index (κ2) is 6.41. The van der Waals surface area contributed by atoms with Crippen LogP contribution in [0.5, 0.6) is 0 Å². The first-order valence-electron chi connectivity index (χ1n) is 4.52. The zero-order chi connectivity index (χ0) is 10.3. The summed E-state index contributed by atoms with van der Waals surface area (Å²) in [6.07, 6.45) is 7.06. The Morgan fingerprint density at radius 1 is 1.38 bits per heavy atom. The van der Waals surface area contributed by atoms with E-state index in [0.717, 1.165) is 17.7 Å². The summed E-state index contributed by atoms with van der Waals surface area (Å²) >= 11 is 0. The second-order valence-corrected chi connectivity index (χ2v) is 3.21. The maximum Gasteiger partial charge on any atom is 0.0599 e. The molecule has 0 heterocycles. The van der Waals surface area contributed by atoms with E-state index >= 15 is 0 Å². The van der Waals surface area contributed by atoms with Crippen molar-refractivity contribution < 1.29 is 0 Å². The van der Waals surface area contributed by atoms with Gasteiger partial charge in [-0.25, -0.2) is 0 Å². The normalized spacial score (nSPS) is 11.8. The Morgan fingerprint density at radius 2 is 2.00 bits per heavy atom. The highest BCUT2D eigenvalue weighted by Gasteiger charge is 1.97. The van der Waals surface area contributed by atoms with Crippen LogP contribution in [0.25, 0.3) is 0 Å². The van der Waals surface area contributed by atoms with E-state index in [1.807, 2.05) is 13.0 Å². The summed E-state index contributed by atoms with van der Waals surface area (Å²) in [7, 11) is 1.80. The highest BCUT2D eigenvalue weighted by molar-refractivity contribution is 6.08. The first-order valence-corrected chi connectivity index (χ1v) is 4.52. The van der Waals surface area contributed by atoms with Gasteiger partial charge < -0.3 is 0 Å². The van der Waals surface area contributed by atoms with Crippen LogP contribution in [-0.2, 0) is 0 Å². The molecule has 0 aromatic carbocycles. The first kappa shape index (κ1) is 11.9. The summed E-state index contributed by atoms with van der Waals surface area (Å²) < 4.78 is 0. The molecule has 0 unspecified atom stereocenters. The van der Waals surface area contributed by atoms with E-state index in [1.54, 1.807) is 7.05 Å². The number of hydrogen-bond donors (Lipinski definition) is 0. The molecule has 0 saturated heterocycles. The molecular formula is C12H19N. The summed E-state index contributed by atoms with van der Waals surface area (Å²) in [5, 5.41) is 0. The monoisotopic (exact) mass is 177 g/mol. The average molecular weight is 177 g/mol. The molecular weight excluding hydrogens is 158 g/mol. The standard InChI is InChI=1S/C12H19N/c1-6-7-8-11(4)12(13-5)9-10(2)3/h6-7,9H,4,8H2,1-3,5H3/b7-6-,13-12?. The van der Waals surface area contributed by atoms with E-state index < -0.39 is 0 Å². The molecule has 1 heteroatoms. The minimum Gasteiger partial charge on any atom is -0.288 e. The van der Waals surface area contributed by atoms with Gasteiger partial charge in [0.2, 0.25) is 0 Å². The van der Waals surface area contributed by atoms with Gasteiger partial charge in [-0.1, -0.05) is 24.3 Å². The van der Waals surface area contributed by atoms with Crippen molar-refractivity contribution in [3.05, 3.63) is 36.0 Å². The second-order valence-electron chi connectivity index (χ2n) is 3.21. The minimum absolute atomic E-state index is 0.882. The van der Waals surface area contributed by atoms with Crippen molar-refractivity contribution in [2.45, 2.75) is 27.2 Å². The van der Waals surface area contributed by atoms with Crippen molar-refractivity contribution in [3.63, 3.8) is 0 Å². The summed E-state index contributed by atoms with van der Waals surface area (Å²) in [6.45, 7) is 10.1. The molecule has 0 amide bonds. The Labute approximate surface area is 81.6 Å². The lowest BCUT2D eigenvalue weighted by Crippen LogP contribution is -1.97. The maximum absolute atomic E-state index is 4.19. The smallest absolute Gasteiger partial charge is 0.0599 e. The van der Waals surface area contributed by atoms with Gasteiger partial charge in [0.05, 0.1) is 5.71 Å². The van der Waals surface area contributed by atoms with Crippen molar-refractivity contribution in [3.8, 4) is 0 Å². The first-order chi connectivity index (χ1) is 6.11. The third-order valence-electron chi connectivity index (χ3n) is 1.63. The van der Waals surface area contributed by atoms with Gasteiger partial charge in [0.15, 0.2) is 0 Å². The van der Waals surface area contributed by atoms with Crippen LogP contribution in [0.1, 0.15) is 27.2 Å². The Balaban J connectivity index is 4.44. The van der Waals surface area contributed by atoms with E-state index in [4.69, 9.17) is 0 Å². The number of nitrogens with zero attached hydrogens (tertiary/aromatic N) is 1. The van der Waals surface area contributed by atoms with Crippen molar-refractivity contribution in [1.29, 1.82) is 0 Å². The lowest BCUT2D eigenvalue weighted by Gasteiger charge is -2.02. The molecule has 0 atom stereocenters. The van der Waals surface area contributed by atoms with Crippen molar-refractivity contribution >= 4 is 5.71 Å². The Morgan fingerprint density at radius 3 is 2.38 bits per heavy atom. The third-order valence-corrected chi connectivity index (χ3v) is 1.63. The van der Waals surface area contributed by atoms with E-state index in [2.05, 4.69) is 37.6 Å². The number of rotatable bonds is 4. The number of hydrogen-bond acceptors (Lipinski definition) is 1. The summed E-state index contributed by atoms with van der Waals surface area (Å²) in [6, 6.07) is 0. The van der Waals surface area contributed by atoms with Gasteiger partial charge in [0, 0.05) is 7.05 Å². The molecule has 0 bridgehead atoms. The van der Waals surface area contributed by atoms with Crippen LogP contribution in [0.4, 0.5) is 0 Å². The molecule has 0 N–H and O–H groups in total. The lowest BCUT2D eigenvalue weighted by atomic mass is 10.1. The molecule has 1 nitrogen and oxygen atoms in total. The van der Waals surface area contributed by atoms with Gasteiger partial charge in [0.25, 0.3) is 0 Å². The van der Waals surface area contributed by atoms with Crippen LogP contribution in [0.3, 0.4) is 0 Å². The highest BCUT2D eigenvalue weighted by atomic mass is 14.7. The molecule has 0 saturated carbocycles. The fourth-order valence-corrected chi connectivity index (χ4v) is 0.963. The van der Waals surface area contributed by atoms with Crippen LogP contribution < -0.4 is 0 Å². The predicted molar refractivity (Wildman–Crippen MR) is 61.4 cm³/mol. The topological polar surface area (TPSA) is 12.4 Å². The lowest BCUT2D eigenvalue weighted by molar-refractivity contribution is 1.29. The van der Waals surface area contributed by atoms with Crippen LogP contribution >= 0.6 is 0 Å². The summed E-state index contributed by atoms with van der Waals surface area (Å²) in [5.74, 6) is 0. The van der Waals surface area contributed by atoms with Crippen molar-refractivity contribution in [2.75, 3.05) is 7.05 Å². The summed E-state index contributed by atoms with van der Waals surface area (Å²) in [5.41, 5.74) is 3.32. The molecule has 0 aliphatic rings. The number of aliphatic imine (C=N–C) groups is 1. The zero-order valence-electron chi connectivity index (χ0n) is 9.09. The molecule has 0 rings (SSSR count). The quantitative estimate of drug-likeness (QED) is 0.460. The average Bonchev–Trinajstić information content (AvgIpc) is 2.09. The molecule has 13 heavy (non-hydrogen) atoms. The zero-order valence-corrected chi connectivity index (χ0v) is 9.09. The van der Waals surface area contributed by atoms with Crippen LogP contribution in [-0.4, -0.2) is 12.8 Å². The Hall–Kier alpha value is -1.11. The summed E-state index contributed by atoms with van der Waals surface area (Å²) in [4.78, 5) is 4.19. The van der Waals surface area contributed by atoms with Gasteiger partial charge in [-0.3, -0.25) is 4.99 Å². The van der Waals surface area contributed by atoms with E-state index in [-0.39, 0.29) is 0 Å². The van der Waals surface area contributed by atoms with E-state index in [9.17, 15) is 0 Å². The largest absolute Gasteiger partial charge is 0.288 e. The van der Waals surface area contributed by atoms with Gasteiger partial charge in [-0.2, -0.15) is 0 Å². The molecule has 0 radical (unpaired) electrons. The van der Waals surface area contributed by atoms with Gasteiger partial charge in [-0.15, -0.1) is 0 Å². The molecule has 72 valence electrons. The predicted octanol–water partition coefficient (Wildman–Crippen LogP) is 3.55. The van der Waals surface area contributed by atoms with Crippen LogP contribution in [0.15, 0.2) is 40.9 Å². The number of allylic oxidation sites excluding steroid dienone is 5. The molecule has 0 aromatic rings. The van der Waals surface area contributed by atoms with Gasteiger partial charge >= 0.3 is 0 Å². The molecule has 0 aliphatic carbocycles. The molecule has 0 aromatic heterocycles. The molecule has 0 aliphatic heterocycles. The minimum atomic E-state index is 0.882. The maximum atomic E-state index is 4.19. The van der Waals surface area contributed by atoms with Crippen LogP contribution in [0, 0.1) is 0 Å². The van der Waals surface area contributed by atoms with Gasteiger partial charge in [-0.05, 0) is 38.8 Å². The molecule has 0 fully saturated rings. The highest BCUT2D eigenvalue weighted by Crippen LogP contribution is 2.06. The van der Waals surface area contributed by atoms with Crippen molar-refractivity contribution in [1.82, 2.24) is 0 Å². The molecule has 0 spiro atoms. The Bertz CT molecular complexity index is 250. The fourth-order valence-electron chi connectivity index (χ4n) is 0.963. The van der Waals surface area contributed by atoms with E-state index in [0.29, 0.717) is 0 Å². The van der Waals surface area contributed by atoms with Gasteiger partial charge in [0.1, 0.15) is 0 Å². The SMILES string of the molecule is C=C(C/C=C\C)C(C=C(C)C)=NC. The third kappa shape index (κ3) is 5.18. The van der Waals surface area contributed by atoms with Crippen molar-refractivity contribution in [2.24, 2.45) is 4.99 Å².